The molecule has 0 saturated carbocycles. The van der Waals surface area contributed by atoms with Crippen molar-refractivity contribution in [1.82, 2.24) is 0 Å². The topological polar surface area (TPSA) is 86.5 Å². The van der Waals surface area contributed by atoms with Crippen LogP contribution in [0.25, 0.3) is 0 Å². The van der Waals surface area contributed by atoms with E-state index < -0.39 is 15.0 Å². The number of benzene rings is 1. The maximum absolute atomic E-state index is 10.7. The largest absolute Gasteiger partial charge is 0.375 e. The summed E-state index contributed by atoms with van der Waals surface area (Å²) in [5, 5.41) is 10.4. The summed E-state index contributed by atoms with van der Waals surface area (Å²) in [6.07, 6.45) is 0.823. The second kappa shape index (κ2) is 3.62. The first-order valence-electron chi connectivity index (χ1n) is 3.53. The molecule has 0 spiro atoms. The minimum atomic E-state index is -3.74. The van der Waals surface area contributed by atoms with Crippen LogP contribution in [0.4, 0.5) is 5.69 Å². The van der Waals surface area contributed by atoms with Gasteiger partial charge in [-0.3, -0.25) is 10.1 Å². The van der Waals surface area contributed by atoms with Gasteiger partial charge in [0.05, 0.1) is 11.2 Å². The first-order chi connectivity index (χ1) is 6.40. The first-order valence-corrected chi connectivity index (χ1v) is 5.34. The zero-order valence-electron chi connectivity index (χ0n) is 7.21. The van der Waals surface area contributed by atoms with Gasteiger partial charge in [0.2, 0.25) is 5.75 Å². The molecule has 0 unspecified atom stereocenters. The molecule has 1 aromatic carbocycles. The summed E-state index contributed by atoms with van der Waals surface area (Å²) in [6.45, 7) is 0. The lowest BCUT2D eigenvalue weighted by molar-refractivity contribution is -0.385. The van der Waals surface area contributed by atoms with Gasteiger partial charge in [-0.2, -0.15) is 8.42 Å². The molecule has 76 valence electrons. The maximum atomic E-state index is 10.7. The van der Waals surface area contributed by atoms with Crippen LogP contribution in [0, 0.1) is 10.1 Å². The Morgan fingerprint density at radius 2 is 1.93 bits per heavy atom. The van der Waals surface area contributed by atoms with Crippen molar-refractivity contribution in [2.75, 3.05) is 6.26 Å². The summed E-state index contributed by atoms with van der Waals surface area (Å²) >= 11 is 0. The van der Waals surface area contributed by atoms with Crippen LogP contribution in [0.2, 0.25) is 0 Å². The van der Waals surface area contributed by atoms with E-state index in [1.165, 1.54) is 24.3 Å². The monoisotopic (exact) mass is 217 g/mol. The zero-order chi connectivity index (χ0) is 10.8. The number of para-hydroxylation sites is 2. The molecule has 0 atom stereocenters. The van der Waals surface area contributed by atoms with Gasteiger partial charge < -0.3 is 4.18 Å². The molecule has 0 aromatic heterocycles. The predicted octanol–water partition coefficient (Wildman–Crippen LogP) is 0.933. The van der Waals surface area contributed by atoms with Gasteiger partial charge in [0, 0.05) is 6.07 Å². The van der Waals surface area contributed by atoms with Crippen LogP contribution in [0.1, 0.15) is 0 Å². The third kappa shape index (κ3) is 2.70. The summed E-state index contributed by atoms with van der Waals surface area (Å²) in [5.41, 5.74) is -0.377. The lowest BCUT2D eigenvalue weighted by atomic mass is 10.3. The molecule has 0 aliphatic carbocycles. The average Bonchev–Trinajstić information content (AvgIpc) is 2.01. The maximum Gasteiger partial charge on any atom is 0.312 e. The summed E-state index contributed by atoms with van der Waals surface area (Å²) in [7, 11) is -3.74. The van der Waals surface area contributed by atoms with Crippen molar-refractivity contribution in [1.29, 1.82) is 0 Å². The van der Waals surface area contributed by atoms with Crippen molar-refractivity contribution < 1.29 is 17.5 Å². The Morgan fingerprint density at radius 3 is 2.43 bits per heavy atom. The highest BCUT2D eigenvalue weighted by atomic mass is 32.2. The zero-order valence-corrected chi connectivity index (χ0v) is 8.02. The third-order valence-corrected chi connectivity index (χ3v) is 1.79. The van der Waals surface area contributed by atoms with E-state index in [4.69, 9.17) is 0 Å². The fourth-order valence-corrected chi connectivity index (χ4v) is 1.31. The van der Waals surface area contributed by atoms with E-state index in [-0.39, 0.29) is 11.4 Å². The van der Waals surface area contributed by atoms with E-state index in [1.807, 2.05) is 0 Å². The third-order valence-electron chi connectivity index (χ3n) is 1.30. The van der Waals surface area contributed by atoms with Crippen LogP contribution >= 0.6 is 0 Å². The highest BCUT2D eigenvalue weighted by Gasteiger charge is 2.17. The standard InChI is InChI=1S/C7H7NO5S/c1-14(11,12)13-7-5-3-2-4-6(7)8(9)10/h2-5H,1H3. The minimum Gasteiger partial charge on any atom is -0.375 e. The van der Waals surface area contributed by atoms with Gasteiger partial charge in [-0.1, -0.05) is 12.1 Å². The quantitative estimate of drug-likeness (QED) is 0.427. The molecule has 14 heavy (non-hydrogen) atoms. The van der Waals surface area contributed by atoms with E-state index in [0.29, 0.717) is 0 Å². The Morgan fingerprint density at radius 1 is 1.36 bits per heavy atom. The van der Waals surface area contributed by atoms with Crippen molar-refractivity contribution in [3.8, 4) is 5.75 Å². The van der Waals surface area contributed by atoms with E-state index in [9.17, 15) is 18.5 Å². The fourth-order valence-electron chi connectivity index (χ4n) is 0.842. The molecule has 0 aliphatic rings. The van der Waals surface area contributed by atoms with Gasteiger partial charge in [-0.25, -0.2) is 0 Å². The summed E-state index contributed by atoms with van der Waals surface area (Å²) in [6, 6.07) is 5.26. The second-order valence-electron chi connectivity index (χ2n) is 2.51. The van der Waals surface area contributed by atoms with Crippen molar-refractivity contribution in [3.05, 3.63) is 34.4 Å². The molecule has 0 aliphatic heterocycles. The van der Waals surface area contributed by atoms with Crippen LogP contribution in [0.3, 0.4) is 0 Å². The molecule has 0 bridgehead atoms. The Hall–Kier alpha value is -1.63. The van der Waals surface area contributed by atoms with Gasteiger partial charge in [0.1, 0.15) is 0 Å². The number of nitro groups is 1. The van der Waals surface area contributed by atoms with Crippen LogP contribution in [-0.2, 0) is 10.1 Å². The van der Waals surface area contributed by atoms with E-state index in [0.717, 1.165) is 6.26 Å². The van der Waals surface area contributed by atoms with Crippen LogP contribution in [0.15, 0.2) is 24.3 Å². The lowest BCUT2D eigenvalue weighted by Crippen LogP contribution is -2.07. The molecular formula is C7H7NO5S. The number of nitrogens with zero attached hydrogens (tertiary/aromatic N) is 1. The van der Waals surface area contributed by atoms with Crippen molar-refractivity contribution in [2.24, 2.45) is 0 Å². The normalized spacial score (nSPS) is 10.9. The van der Waals surface area contributed by atoms with E-state index >= 15 is 0 Å². The predicted molar refractivity (Wildman–Crippen MR) is 48.6 cm³/mol. The highest BCUT2D eigenvalue weighted by molar-refractivity contribution is 7.86. The fraction of sp³-hybridized carbons (Fsp3) is 0.143. The Labute approximate surface area is 80.4 Å². The van der Waals surface area contributed by atoms with E-state index in [2.05, 4.69) is 4.18 Å². The molecule has 1 rings (SSSR count). The number of nitro benzene ring substituents is 1. The molecule has 7 heteroatoms. The van der Waals surface area contributed by atoms with Gasteiger partial charge in [-0.05, 0) is 6.07 Å². The summed E-state index contributed by atoms with van der Waals surface area (Å²) in [5.74, 6) is -0.278. The SMILES string of the molecule is CS(=O)(=O)Oc1ccccc1[N+](=O)[O-]. The molecule has 0 heterocycles. The summed E-state index contributed by atoms with van der Waals surface area (Å²) < 4.78 is 25.9. The molecule has 0 saturated heterocycles. The van der Waals surface area contributed by atoms with Crippen LogP contribution in [-0.4, -0.2) is 19.6 Å². The minimum absolute atomic E-state index is 0.278. The molecule has 0 radical (unpaired) electrons. The number of rotatable bonds is 3. The molecule has 0 N–H and O–H groups in total. The van der Waals surface area contributed by atoms with Crippen molar-refractivity contribution in [3.63, 3.8) is 0 Å². The first kappa shape index (κ1) is 10.5. The number of hydrogen-bond acceptors (Lipinski definition) is 5. The van der Waals surface area contributed by atoms with Crippen LogP contribution < -0.4 is 4.18 Å². The van der Waals surface area contributed by atoms with Crippen LogP contribution in [0.5, 0.6) is 5.75 Å². The lowest BCUT2D eigenvalue weighted by Gasteiger charge is -2.02. The molecule has 1 aromatic rings. The molecule has 0 fully saturated rings. The van der Waals surface area contributed by atoms with Gasteiger partial charge >= 0.3 is 15.8 Å². The second-order valence-corrected chi connectivity index (χ2v) is 4.09. The molecule has 6 nitrogen and oxygen atoms in total. The molecule has 0 amide bonds. The van der Waals surface area contributed by atoms with Gasteiger partial charge in [-0.15, -0.1) is 0 Å². The Kier molecular flexibility index (Phi) is 2.70. The smallest absolute Gasteiger partial charge is 0.312 e. The molecular weight excluding hydrogens is 210 g/mol. The van der Waals surface area contributed by atoms with Crippen molar-refractivity contribution in [2.45, 2.75) is 0 Å². The Balaban J connectivity index is 3.15. The van der Waals surface area contributed by atoms with Gasteiger partial charge in [0.15, 0.2) is 0 Å². The Bertz CT molecular complexity index is 453. The van der Waals surface area contributed by atoms with Crippen molar-refractivity contribution >= 4 is 15.8 Å². The van der Waals surface area contributed by atoms with E-state index in [1.54, 1.807) is 0 Å². The van der Waals surface area contributed by atoms with Gasteiger partial charge in [0.25, 0.3) is 0 Å². The average molecular weight is 217 g/mol. The highest BCUT2D eigenvalue weighted by Crippen LogP contribution is 2.26. The summed E-state index contributed by atoms with van der Waals surface area (Å²) in [4.78, 5) is 9.73. The number of hydrogen-bond donors (Lipinski definition) is 0.